The normalized spacial score (nSPS) is 11.6. The van der Waals surface area contributed by atoms with E-state index in [0.29, 0.717) is 23.4 Å². The number of benzene rings is 2. The molecule has 1 amide bonds. The molecule has 0 aliphatic heterocycles. The molecule has 0 fully saturated rings. The van der Waals surface area contributed by atoms with Gasteiger partial charge in [-0.1, -0.05) is 25.1 Å². The number of hydrogen-bond donors (Lipinski definition) is 1. The quantitative estimate of drug-likeness (QED) is 0.821. The first-order valence-electron chi connectivity index (χ1n) is 7.65. The van der Waals surface area contributed by atoms with Crippen LogP contribution in [0, 0.1) is 6.92 Å². The van der Waals surface area contributed by atoms with Crippen molar-refractivity contribution in [3.8, 4) is 5.75 Å². The number of anilines is 1. The summed E-state index contributed by atoms with van der Waals surface area (Å²) in [6.07, 6.45) is -0.00492. The first kappa shape index (κ1) is 16.7. The van der Waals surface area contributed by atoms with E-state index in [2.05, 4.69) is 5.32 Å². The van der Waals surface area contributed by atoms with Crippen molar-refractivity contribution in [3.63, 3.8) is 0 Å². The number of hydrogen-bond acceptors (Lipinski definition) is 3. The Balaban J connectivity index is 2.05. The molecule has 0 heterocycles. The number of ketones is 1. The molecule has 0 radical (unpaired) electrons. The van der Waals surface area contributed by atoms with Gasteiger partial charge >= 0.3 is 0 Å². The molecule has 1 atom stereocenters. The molecule has 4 nitrogen and oxygen atoms in total. The Bertz CT molecular complexity index is 692. The van der Waals surface area contributed by atoms with Gasteiger partial charge in [0.2, 0.25) is 0 Å². The molecule has 23 heavy (non-hydrogen) atoms. The highest BCUT2D eigenvalue weighted by molar-refractivity contribution is 5.96. The van der Waals surface area contributed by atoms with Crippen LogP contribution in [-0.2, 0) is 4.79 Å². The minimum Gasteiger partial charge on any atom is -0.480 e. The van der Waals surface area contributed by atoms with Gasteiger partial charge in [-0.05, 0) is 56.2 Å². The van der Waals surface area contributed by atoms with Gasteiger partial charge in [0.05, 0.1) is 0 Å². The molecule has 0 bridgehead atoms. The maximum atomic E-state index is 12.4. The van der Waals surface area contributed by atoms with E-state index in [-0.39, 0.29) is 11.7 Å². The predicted octanol–water partition coefficient (Wildman–Crippen LogP) is 3.99. The number of ether oxygens (including phenoxy) is 1. The summed E-state index contributed by atoms with van der Waals surface area (Å²) in [5.74, 6) is 0.505. The monoisotopic (exact) mass is 311 g/mol. The number of carbonyl (C=O) groups excluding carboxylic acids is 2. The first-order chi connectivity index (χ1) is 11.0. The molecular weight excluding hydrogens is 290 g/mol. The van der Waals surface area contributed by atoms with Crippen molar-refractivity contribution in [3.05, 3.63) is 59.7 Å². The molecule has 1 N–H and O–H groups in total. The SMILES string of the molecule is CCC(Oc1ccccc1C)C(=O)Nc1ccc(C(C)=O)cc1. The summed E-state index contributed by atoms with van der Waals surface area (Å²) in [5, 5.41) is 2.82. The van der Waals surface area contributed by atoms with E-state index in [0.717, 1.165) is 5.56 Å². The second-order valence-corrected chi connectivity index (χ2v) is 5.40. The molecule has 120 valence electrons. The summed E-state index contributed by atoms with van der Waals surface area (Å²) in [5.41, 5.74) is 2.25. The van der Waals surface area contributed by atoms with Crippen LogP contribution in [0.2, 0.25) is 0 Å². The standard InChI is InChI=1S/C19H21NO3/c1-4-17(23-18-8-6-5-7-13(18)2)19(22)20-16-11-9-15(10-12-16)14(3)21/h5-12,17H,4H2,1-3H3,(H,20,22). The molecule has 0 aromatic heterocycles. The largest absolute Gasteiger partial charge is 0.480 e. The fourth-order valence-corrected chi connectivity index (χ4v) is 2.18. The number of amides is 1. The van der Waals surface area contributed by atoms with E-state index in [1.807, 2.05) is 38.1 Å². The lowest BCUT2D eigenvalue weighted by Crippen LogP contribution is -2.32. The smallest absolute Gasteiger partial charge is 0.265 e. The number of rotatable bonds is 6. The topological polar surface area (TPSA) is 55.4 Å². The zero-order chi connectivity index (χ0) is 16.8. The number of aryl methyl sites for hydroxylation is 1. The fourth-order valence-electron chi connectivity index (χ4n) is 2.18. The van der Waals surface area contributed by atoms with Crippen molar-refractivity contribution in [2.45, 2.75) is 33.3 Å². The summed E-state index contributed by atoms with van der Waals surface area (Å²) in [6.45, 7) is 5.36. The van der Waals surface area contributed by atoms with E-state index >= 15 is 0 Å². The van der Waals surface area contributed by atoms with Crippen molar-refractivity contribution < 1.29 is 14.3 Å². The third-order valence-electron chi connectivity index (χ3n) is 3.59. The fraction of sp³-hybridized carbons (Fsp3) is 0.263. The van der Waals surface area contributed by atoms with Gasteiger partial charge in [-0.15, -0.1) is 0 Å². The second kappa shape index (κ2) is 7.58. The second-order valence-electron chi connectivity index (χ2n) is 5.40. The minimum atomic E-state index is -0.566. The minimum absolute atomic E-state index is 0.00260. The molecule has 2 aromatic rings. The van der Waals surface area contributed by atoms with Gasteiger partial charge in [0, 0.05) is 11.3 Å². The van der Waals surface area contributed by atoms with E-state index < -0.39 is 6.10 Å². The molecule has 0 aliphatic rings. The molecule has 0 saturated heterocycles. The summed E-state index contributed by atoms with van der Waals surface area (Å²) >= 11 is 0. The molecule has 2 rings (SSSR count). The Kier molecular flexibility index (Phi) is 5.52. The molecule has 0 saturated carbocycles. The Morgan fingerprint density at radius 2 is 1.74 bits per heavy atom. The average Bonchev–Trinajstić information content (AvgIpc) is 2.54. The van der Waals surface area contributed by atoms with Crippen molar-refractivity contribution in [2.75, 3.05) is 5.32 Å². The predicted molar refractivity (Wildman–Crippen MR) is 91.0 cm³/mol. The van der Waals surface area contributed by atoms with Crippen LogP contribution in [-0.4, -0.2) is 17.8 Å². The van der Waals surface area contributed by atoms with E-state index in [9.17, 15) is 9.59 Å². The van der Waals surface area contributed by atoms with Crippen molar-refractivity contribution >= 4 is 17.4 Å². The summed E-state index contributed by atoms with van der Waals surface area (Å²) in [6, 6.07) is 14.4. The Labute approximate surface area is 136 Å². The van der Waals surface area contributed by atoms with E-state index in [1.165, 1.54) is 6.92 Å². The Morgan fingerprint density at radius 1 is 1.09 bits per heavy atom. The van der Waals surface area contributed by atoms with E-state index in [4.69, 9.17) is 4.74 Å². The number of para-hydroxylation sites is 1. The van der Waals surface area contributed by atoms with Crippen molar-refractivity contribution in [2.24, 2.45) is 0 Å². The Morgan fingerprint density at radius 3 is 2.30 bits per heavy atom. The van der Waals surface area contributed by atoms with Crippen molar-refractivity contribution in [1.29, 1.82) is 0 Å². The molecule has 1 unspecified atom stereocenters. The molecule has 4 heteroatoms. The van der Waals surface area contributed by atoms with Crippen molar-refractivity contribution in [1.82, 2.24) is 0 Å². The molecular formula is C19H21NO3. The zero-order valence-electron chi connectivity index (χ0n) is 13.6. The highest BCUT2D eigenvalue weighted by Gasteiger charge is 2.19. The Hall–Kier alpha value is -2.62. The van der Waals surface area contributed by atoms with Gasteiger partial charge < -0.3 is 10.1 Å². The summed E-state index contributed by atoms with van der Waals surface area (Å²) in [7, 11) is 0. The van der Waals surface area contributed by atoms with Gasteiger partial charge in [0.25, 0.3) is 5.91 Å². The van der Waals surface area contributed by atoms with Crippen LogP contribution in [0.4, 0.5) is 5.69 Å². The first-order valence-corrected chi connectivity index (χ1v) is 7.65. The van der Waals surface area contributed by atoms with Crippen LogP contribution in [0.25, 0.3) is 0 Å². The lowest BCUT2D eigenvalue weighted by molar-refractivity contribution is -0.122. The number of carbonyl (C=O) groups is 2. The molecule has 2 aromatic carbocycles. The highest BCUT2D eigenvalue weighted by atomic mass is 16.5. The van der Waals surface area contributed by atoms with Crippen LogP contribution < -0.4 is 10.1 Å². The number of Topliss-reactive ketones (excluding diaryl/α,β-unsaturated/α-hetero) is 1. The summed E-state index contributed by atoms with van der Waals surface area (Å²) in [4.78, 5) is 23.6. The van der Waals surface area contributed by atoms with E-state index in [1.54, 1.807) is 24.3 Å². The average molecular weight is 311 g/mol. The molecule has 0 aliphatic carbocycles. The van der Waals surface area contributed by atoms with Crippen LogP contribution in [0.5, 0.6) is 5.75 Å². The van der Waals surface area contributed by atoms with Crippen LogP contribution >= 0.6 is 0 Å². The molecule has 0 spiro atoms. The lowest BCUT2D eigenvalue weighted by atomic mass is 10.1. The van der Waals surface area contributed by atoms with Crippen LogP contribution in [0.3, 0.4) is 0 Å². The van der Waals surface area contributed by atoms with Crippen LogP contribution in [0.1, 0.15) is 36.2 Å². The summed E-state index contributed by atoms with van der Waals surface area (Å²) < 4.78 is 5.82. The van der Waals surface area contributed by atoms with Gasteiger partial charge in [-0.25, -0.2) is 0 Å². The van der Waals surface area contributed by atoms with Gasteiger partial charge in [0.1, 0.15) is 5.75 Å². The maximum Gasteiger partial charge on any atom is 0.265 e. The third-order valence-corrected chi connectivity index (χ3v) is 3.59. The van der Waals surface area contributed by atoms with Gasteiger partial charge in [-0.2, -0.15) is 0 Å². The van der Waals surface area contributed by atoms with Gasteiger partial charge in [0.15, 0.2) is 11.9 Å². The third kappa shape index (κ3) is 4.42. The lowest BCUT2D eigenvalue weighted by Gasteiger charge is -2.18. The maximum absolute atomic E-state index is 12.4. The zero-order valence-corrected chi connectivity index (χ0v) is 13.6. The number of nitrogens with one attached hydrogen (secondary N) is 1. The highest BCUT2D eigenvalue weighted by Crippen LogP contribution is 2.19. The van der Waals surface area contributed by atoms with Crippen LogP contribution in [0.15, 0.2) is 48.5 Å². The van der Waals surface area contributed by atoms with Gasteiger partial charge in [-0.3, -0.25) is 9.59 Å².